The van der Waals surface area contributed by atoms with Crippen molar-refractivity contribution < 1.29 is 5.11 Å². The number of phenolic OH excluding ortho intramolecular Hbond substituents is 1. The Kier molecular flexibility index (Phi) is 3.08. The zero-order valence-corrected chi connectivity index (χ0v) is 10.8. The number of aromatic nitrogens is 3. The van der Waals surface area contributed by atoms with Crippen molar-refractivity contribution in [3.63, 3.8) is 0 Å². The number of hydrogen-bond donors (Lipinski definition) is 3. The average molecular weight is 259 g/mol. The van der Waals surface area contributed by atoms with E-state index >= 15 is 0 Å². The zero-order chi connectivity index (χ0) is 13.2. The van der Waals surface area contributed by atoms with Gasteiger partial charge >= 0.3 is 0 Å². The fraction of sp³-hybridized carbons (Fsp3) is 0.385. The van der Waals surface area contributed by atoms with E-state index in [1.807, 2.05) is 19.1 Å². The van der Waals surface area contributed by atoms with Gasteiger partial charge in [0.05, 0.1) is 0 Å². The maximum absolute atomic E-state index is 9.54. The molecule has 1 aromatic heterocycles. The maximum atomic E-state index is 9.54. The molecule has 100 valence electrons. The summed E-state index contributed by atoms with van der Waals surface area (Å²) in [7, 11) is 0. The highest BCUT2D eigenvalue weighted by atomic mass is 16.3. The van der Waals surface area contributed by atoms with E-state index in [4.69, 9.17) is 0 Å². The Hall–Kier alpha value is -2.08. The summed E-state index contributed by atoms with van der Waals surface area (Å²) in [4.78, 5) is 6.68. The highest BCUT2D eigenvalue weighted by Gasteiger charge is 2.15. The van der Waals surface area contributed by atoms with Gasteiger partial charge in [-0.05, 0) is 30.7 Å². The summed E-state index contributed by atoms with van der Waals surface area (Å²) >= 11 is 0. The molecule has 1 aliphatic rings. The van der Waals surface area contributed by atoms with Crippen LogP contribution in [-0.2, 0) is 0 Å². The van der Waals surface area contributed by atoms with Crippen LogP contribution in [0.5, 0.6) is 5.75 Å². The van der Waals surface area contributed by atoms with E-state index < -0.39 is 0 Å². The summed E-state index contributed by atoms with van der Waals surface area (Å²) in [5.41, 5.74) is 1.77. The number of hydrogen-bond acceptors (Lipinski definition) is 5. The summed E-state index contributed by atoms with van der Waals surface area (Å²) in [6.07, 6.45) is 0. The van der Waals surface area contributed by atoms with Gasteiger partial charge in [0.2, 0.25) is 5.95 Å². The normalized spacial score (nSPS) is 15.7. The van der Waals surface area contributed by atoms with Crippen molar-refractivity contribution in [1.29, 1.82) is 0 Å². The summed E-state index contributed by atoms with van der Waals surface area (Å²) in [5, 5.41) is 20.1. The third kappa shape index (κ3) is 2.39. The quantitative estimate of drug-likeness (QED) is 0.747. The lowest BCUT2D eigenvalue weighted by molar-refractivity contribution is 0.471. The summed E-state index contributed by atoms with van der Waals surface area (Å²) in [6, 6.07) is 5.42. The lowest BCUT2D eigenvalue weighted by Crippen LogP contribution is -2.44. The Morgan fingerprint density at radius 3 is 2.79 bits per heavy atom. The molecule has 1 aliphatic heterocycles. The van der Waals surface area contributed by atoms with Crippen molar-refractivity contribution >= 4 is 5.95 Å². The molecule has 0 atom stereocenters. The van der Waals surface area contributed by atoms with E-state index in [1.54, 1.807) is 6.07 Å². The standard InChI is InChI=1S/C13H17N5O/c1-9-8-10(2-3-11(9)19)12-15-13(17-16-12)18-6-4-14-5-7-18/h2-3,8,14,19H,4-7H2,1H3,(H,15,16,17). The second-order valence-corrected chi connectivity index (χ2v) is 4.72. The van der Waals surface area contributed by atoms with Gasteiger partial charge in [0.15, 0.2) is 5.82 Å². The first kappa shape index (κ1) is 12.0. The third-order valence-electron chi connectivity index (χ3n) is 3.34. The molecule has 1 aromatic carbocycles. The Bertz CT molecular complexity index is 574. The van der Waals surface area contributed by atoms with Crippen LogP contribution in [0.15, 0.2) is 18.2 Å². The minimum Gasteiger partial charge on any atom is -0.508 e. The molecule has 3 rings (SSSR count). The number of piperazine rings is 1. The highest BCUT2D eigenvalue weighted by molar-refractivity contribution is 5.59. The molecule has 0 bridgehead atoms. The number of anilines is 1. The van der Waals surface area contributed by atoms with Gasteiger partial charge in [0, 0.05) is 31.7 Å². The molecule has 0 amide bonds. The summed E-state index contributed by atoms with van der Waals surface area (Å²) in [5.74, 6) is 1.77. The first-order valence-corrected chi connectivity index (χ1v) is 6.42. The number of aryl methyl sites for hydroxylation is 1. The van der Waals surface area contributed by atoms with Crippen LogP contribution in [0.25, 0.3) is 11.4 Å². The Morgan fingerprint density at radius 1 is 1.26 bits per heavy atom. The van der Waals surface area contributed by atoms with E-state index in [0.717, 1.165) is 49.1 Å². The number of rotatable bonds is 2. The predicted molar refractivity (Wildman–Crippen MR) is 73.3 cm³/mol. The summed E-state index contributed by atoms with van der Waals surface area (Å²) < 4.78 is 0. The molecule has 6 nitrogen and oxygen atoms in total. The predicted octanol–water partition coefficient (Wildman–Crippen LogP) is 0.895. The van der Waals surface area contributed by atoms with Gasteiger partial charge in [-0.15, -0.1) is 5.10 Å². The first-order chi connectivity index (χ1) is 9.24. The van der Waals surface area contributed by atoms with Crippen molar-refractivity contribution in [3.05, 3.63) is 23.8 Å². The summed E-state index contributed by atoms with van der Waals surface area (Å²) in [6.45, 7) is 5.63. The molecule has 0 aliphatic carbocycles. The molecule has 0 unspecified atom stereocenters. The van der Waals surface area contributed by atoms with Gasteiger partial charge in [0.1, 0.15) is 5.75 Å². The molecule has 0 radical (unpaired) electrons. The SMILES string of the molecule is Cc1cc(-c2nc(N3CCNCC3)n[nH]2)ccc1O. The van der Waals surface area contributed by atoms with Crippen LogP contribution in [-0.4, -0.2) is 46.5 Å². The lowest BCUT2D eigenvalue weighted by Gasteiger charge is -2.25. The van der Waals surface area contributed by atoms with Crippen molar-refractivity contribution in [2.45, 2.75) is 6.92 Å². The molecular weight excluding hydrogens is 242 g/mol. The highest BCUT2D eigenvalue weighted by Crippen LogP contribution is 2.24. The molecule has 0 saturated carbocycles. The fourth-order valence-corrected chi connectivity index (χ4v) is 2.19. The minimum absolute atomic E-state index is 0.297. The number of nitrogens with zero attached hydrogens (tertiary/aromatic N) is 3. The van der Waals surface area contributed by atoms with Crippen molar-refractivity contribution in [1.82, 2.24) is 20.5 Å². The molecule has 1 fully saturated rings. The number of H-pyrrole nitrogens is 1. The second-order valence-electron chi connectivity index (χ2n) is 4.72. The zero-order valence-electron chi connectivity index (χ0n) is 10.8. The van der Waals surface area contributed by atoms with Gasteiger partial charge in [-0.25, -0.2) is 0 Å². The average Bonchev–Trinajstić information content (AvgIpc) is 2.93. The number of nitrogens with one attached hydrogen (secondary N) is 2. The van der Waals surface area contributed by atoms with E-state index in [9.17, 15) is 5.11 Å². The van der Waals surface area contributed by atoms with Gasteiger partial charge in [-0.1, -0.05) is 0 Å². The topological polar surface area (TPSA) is 77.1 Å². The number of benzene rings is 1. The van der Waals surface area contributed by atoms with Crippen LogP contribution in [0, 0.1) is 6.92 Å². The van der Waals surface area contributed by atoms with E-state index in [0.29, 0.717) is 5.75 Å². The van der Waals surface area contributed by atoms with E-state index in [-0.39, 0.29) is 0 Å². The van der Waals surface area contributed by atoms with Crippen LogP contribution in [0.1, 0.15) is 5.56 Å². The lowest BCUT2D eigenvalue weighted by atomic mass is 10.1. The van der Waals surface area contributed by atoms with Crippen molar-refractivity contribution in [2.75, 3.05) is 31.1 Å². The van der Waals surface area contributed by atoms with Gasteiger partial charge in [-0.2, -0.15) is 4.98 Å². The van der Waals surface area contributed by atoms with E-state index in [2.05, 4.69) is 25.4 Å². The largest absolute Gasteiger partial charge is 0.508 e. The van der Waals surface area contributed by atoms with Crippen LogP contribution in [0.2, 0.25) is 0 Å². The Morgan fingerprint density at radius 2 is 2.05 bits per heavy atom. The molecular formula is C13H17N5O. The smallest absolute Gasteiger partial charge is 0.245 e. The van der Waals surface area contributed by atoms with Gasteiger partial charge in [0.25, 0.3) is 0 Å². The monoisotopic (exact) mass is 259 g/mol. The molecule has 2 aromatic rings. The third-order valence-corrected chi connectivity index (χ3v) is 3.34. The molecule has 19 heavy (non-hydrogen) atoms. The molecule has 0 spiro atoms. The van der Waals surface area contributed by atoms with Crippen LogP contribution in [0.4, 0.5) is 5.95 Å². The first-order valence-electron chi connectivity index (χ1n) is 6.42. The second kappa shape index (κ2) is 4.89. The van der Waals surface area contributed by atoms with Crippen LogP contribution in [0.3, 0.4) is 0 Å². The number of aromatic amines is 1. The number of aromatic hydroxyl groups is 1. The molecule has 6 heteroatoms. The van der Waals surface area contributed by atoms with Gasteiger partial charge in [-0.3, -0.25) is 5.10 Å². The fourth-order valence-electron chi connectivity index (χ4n) is 2.19. The maximum Gasteiger partial charge on any atom is 0.245 e. The van der Waals surface area contributed by atoms with Gasteiger partial charge < -0.3 is 15.3 Å². The van der Waals surface area contributed by atoms with Crippen LogP contribution >= 0.6 is 0 Å². The minimum atomic E-state index is 0.297. The van der Waals surface area contributed by atoms with Crippen LogP contribution < -0.4 is 10.2 Å². The number of phenols is 1. The molecule has 2 heterocycles. The van der Waals surface area contributed by atoms with Crippen molar-refractivity contribution in [2.24, 2.45) is 0 Å². The van der Waals surface area contributed by atoms with E-state index in [1.165, 1.54) is 0 Å². The van der Waals surface area contributed by atoms with Crippen molar-refractivity contribution in [3.8, 4) is 17.1 Å². The molecule has 1 saturated heterocycles. The Balaban J connectivity index is 1.85. The Labute approximate surface area is 111 Å². The molecule has 3 N–H and O–H groups in total.